The van der Waals surface area contributed by atoms with E-state index in [1.165, 1.54) is 24.3 Å². The molecule has 0 aliphatic carbocycles. The number of carbonyl (C=O) groups is 3. The second-order valence-corrected chi connectivity index (χ2v) is 3.49. The number of carbonyl (C=O) groups excluding carboxylic acids is 1. The van der Waals surface area contributed by atoms with Gasteiger partial charge in [-0.05, 0) is 0 Å². The van der Waals surface area contributed by atoms with Crippen molar-refractivity contribution in [2.24, 2.45) is 0 Å². The highest BCUT2D eigenvalue weighted by atomic mass is 16.4. The molecule has 0 aliphatic rings. The molecular weight excluding hydrogens is 244 g/mol. The minimum Gasteiger partial charge on any atom is -0.479 e. The number of hydrogen-bond donors (Lipinski definition) is 4. The summed E-state index contributed by atoms with van der Waals surface area (Å²) in [5.41, 5.74) is -3.64. The van der Waals surface area contributed by atoms with Gasteiger partial charge in [-0.2, -0.15) is 0 Å². The van der Waals surface area contributed by atoms with E-state index in [-0.39, 0.29) is 5.56 Å². The van der Waals surface area contributed by atoms with E-state index in [1.807, 2.05) is 0 Å². The molecule has 0 spiro atoms. The van der Waals surface area contributed by atoms with Gasteiger partial charge in [0.05, 0.1) is 0 Å². The van der Waals surface area contributed by atoms with Gasteiger partial charge in [0.25, 0.3) is 7.03 Å². The van der Waals surface area contributed by atoms with E-state index in [9.17, 15) is 24.6 Å². The maximum Gasteiger partial charge on any atom is 0.347 e. The molecule has 0 bridgehead atoms. The van der Waals surface area contributed by atoms with E-state index in [1.54, 1.807) is 6.07 Å². The molecule has 0 saturated heterocycles. The Bertz CT molecular complexity index is 501. The molecule has 2 atom stereocenters. The topological polar surface area (TPSA) is 132 Å². The predicted octanol–water partition coefficient (Wildman–Crippen LogP) is -0.870. The lowest BCUT2D eigenvalue weighted by Gasteiger charge is -2.24. The van der Waals surface area contributed by atoms with Gasteiger partial charge in [-0.1, -0.05) is 30.3 Å². The molecule has 1 rings (SSSR count). The monoisotopic (exact) mass is 255 g/mol. The van der Waals surface area contributed by atoms with Gasteiger partial charge in [0.15, 0.2) is 6.10 Å². The summed E-state index contributed by atoms with van der Waals surface area (Å²) in [6.07, 6.45) is -2.71. The van der Waals surface area contributed by atoms with Crippen LogP contribution in [0.5, 0.6) is 0 Å². The standard InChI is InChI=1S/C11H10O7/c12-7(6-4-2-1-3-5-6)11(18,10(16)17)8(13)9(14)15/h1-5,8,13,18H,(H,14,15)(H,16,17)/i/hD. The minimum absolute atomic E-state index is 0.218. The number of carboxylic acids is 2. The van der Waals surface area contributed by atoms with Crippen molar-refractivity contribution in [2.45, 2.75) is 11.7 Å². The third-order valence-corrected chi connectivity index (χ3v) is 2.33. The molecule has 7 nitrogen and oxygen atoms in total. The van der Waals surface area contributed by atoms with E-state index < -0.39 is 29.4 Å². The number of ketones is 1. The first-order chi connectivity index (χ1) is 8.85. The van der Waals surface area contributed by atoms with E-state index in [4.69, 9.17) is 6.54 Å². The Labute approximate surface area is 102 Å². The van der Waals surface area contributed by atoms with E-state index in [0.29, 0.717) is 0 Å². The summed E-state index contributed by atoms with van der Waals surface area (Å²) in [6.45, 7) is 0. The molecular formula is C11H10O7. The maximum atomic E-state index is 11.9. The summed E-state index contributed by atoms with van der Waals surface area (Å²) < 4.78 is 6.28. The normalized spacial score (nSPS) is 16.0. The van der Waals surface area contributed by atoms with Crippen LogP contribution in [0.3, 0.4) is 0 Å². The molecule has 18 heavy (non-hydrogen) atoms. The largest absolute Gasteiger partial charge is 0.479 e. The highest BCUT2D eigenvalue weighted by Gasteiger charge is 2.54. The number of aliphatic hydroxyl groups is 2. The van der Waals surface area contributed by atoms with Crippen LogP contribution in [0.1, 0.15) is 10.4 Å². The Morgan fingerprint density at radius 3 is 2.22 bits per heavy atom. The molecule has 1 aromatic carbocycles. The first-order valence-corrected chi connectivity index (χ1v) is 4.76. The van der Waals surface area contributed by atoms with Crippen LogP contribution in [0.25, 0.3) is 1.43 Å². The van der Waals surface area contributed by atoms with Gasteiger partial charge in [-0.3, -0.25) is 4.79 Å². The quantitative estimate of drug-likeness (QED) is 0.397. The summed E-state index contributed by atoms with van der Waals surface area (Å²) in [7, 11) is 0. The van der Waals surface area contributed by atoms with Crippen LogP contribution < -0.4 is 0 Å². The predicted molar refractivity (Wildman–Crippen MR) is 57.0 cm³/mol. The van der Waals surface area contributed by atoms with Crippen molar-refractivity contribution in [1.82, 2.24) is 0 Å². The lowest BCUT2D eigenvalue weighted by molar-refractivity contribution is -0.175. The van der Waals surface area contributed by atoms with Crippen molar-refractivity contribution >= 4 is 17.7 Å². The zero-order valence-electron chi connectivity index (χ0n) is 9.94. The number of aliphatic carboxylic acids is 2. The fourth-order valence-electron chi connectivity index (χ4n) is 1.32. The average Bonchev–Trinajstić information content (AvgIpc) is 2.44. The number of benzene rings is 1. The van der Waals surface area contributed by atoms with Crippen molar-refractivity contribution < 1.29 is 34.8 Å². The van der Waals surface area contributed by atoms with Crippen molar-refractivity contribution in [1.29, 1.82) is 1.43 Å². The number of hydrogen-bond acceptors (Lipinski definition) is 6. The van der Waals surface area contributed by atoms with Crippen LogP contribution >= 0.6 is 0 Å². The molecule has 0 fully saturated rings. The minimum atomic E-state index is -3.42. The third-order valence-electron chi connectivity index (χ3n) is 2.33. The molecule has 96 valence electrons. The summed E-state index contributed by atoms with van der Waals surface area (Å²) >= 11 is 0. The average molecular weight is 255 g/mol. The van der Waals surface area contributed by atoms with Crippen LogP contribution in [-0.2, 0) is 9.59 Å². The van der Waals surface area contributed by atoms with Gasteiger partial charge >= 0.3 is 11.9 Å². The fourth-order valence-corrected chi connectivity index (χ4v) is 1.32. The van der Waals surface area contributed by atoms with Gasteiger partial charge in [0, 0.05) is 5.56 Å². The van der Waals surface area contributed by atoms with Crippen LogP contribution in [0.4, 0.5) is 0 Å². The number of carboxylic acid groups (broad SMARTS) is 2. The third kappa shape index (κ3) is 2.22. The second-order valence-electron chi connectivity index (χ2n) is 3.49. The molecule has 0 aliphatic heterocycles. The lowest BCUT2D eigenvalue weighted by Crippen LogP contribution is -2.58. The Balaban J connectivity index is 3.24. The van der Waals surface area contributed by atoms with E-state index in [0.717, 1.165) is 0 Å². The Morgan fingerprint density at radius 1 is 1.22 bits per heavy atom. The van der Waals surface area contributed by atoms with Crippen LogP contribution in [0.15, 0.2) is 30.3 Å². The molecule has 0 amide bonds. The molecule has 0 radical (unpaired) electrons. The highest BCUT2D eigenvalue weighted by molar-refractivity contribution is 6.17. The van der Waals surface area contributed by atoms with Crippen molar-refractivity contribution in [3.8, 4) is 0 Å². The van der Waals surface area contributed by atoms with Crippen LogP contribution in [0.2, 0.25) is 0 Å². The van der Waals surface area contributed by atoms with Crippen molar-refractivity contribution in [3.63, 3.8) is 0 Å². The molecule has 0 aromatic heterocycles. The first-order valence-electron chi connectivity index (χ1n) is 5.17. The molecule has 7 heteroatoms. The van der Waals surface area contributed by atoms with E-state index >= 15 is 0 Å². The summed E-state index contributed by atoms with van der Waals surface area (Å²) in [4.78, 5) is 33.9. The van der Waals surface area contributed by atoms with Gasteiger partial charge in [-0.25, -0.2) is 9.59 Å². The highest BCUT2D eigenvalue weighted by Crippen LogP contribution is 2.19. The SMILES string of the molecule is [2H]OC(=O)C(O)C(O)(C(=O)O)C(=O)c1ccccc1. The first kappa shape index (κ1) is 12.2. The maximum absolute atomic E-state index is 11.9. The summed E-state index contributed by atoms with van der Waals surface area (Å²) in [5.74, 6) is -5.27. The Morgan fingerprint density at radius 2 is 1.78 bits per heavy atom. The van der Waals surface area contributed by atoms with E-state index in [2.05, 4.69) is 5.11 Å². The Kier molecular flexibility index (Phi) is 3.35. The van der Waals surface area contributed by atoms with Gasteiger partial charge in [0.1, 0.15) is 0 Å². The van der Waals surface area contributed by atoms with Crippen LogP contribution in [0, 0.1) is 0 Å². The smallest absolute Gasteiger partial charge is 0.347 e. The summed E-state index contributed by atoms with van der Waals surface area (Å²) in [5, 5.41) is 31.4. The Hall–Kier alpha value is -2.25. The fraction of sp³-hybridized carbons (Fsp3) is 0.182. The molecule has 2 unspecified atom stereocenters. The zero-order chi connectivity index (χ0) is 14.6. The van der Waals surface area contributed by atoms with Gasteiger partial charge in [0.2, 0.25) is 5.78 Å². The second kappa shape index (κ2) is 4.94. The lowest BCUT2D eigenvalue weighted by atomic mass is 9.87. The number of aliphatic hydroxyl groups excluding tert-OH is 1. The molecule has 4 N–H and O–H groups in total. The van der Waals surface area contributed by atoms with Crippen molar-refractivity contribution in [2.75, 3.05) is 0 Å². The number of Topliss-reactive ketones (excluding diaryl/α,β-unsaturated/α-hetero) is 1. The molecule has 0 saturated carbocycles. The molecule has 0 heterocycles. The van der Waals surface area contributed by atoms with Crippen molar-refractivity contribution in [3.05, 3.63) is 35.9 Å². The van der Waals surface area contributed by atoms with Crippen LogP contribution in [-0.4, -0.2) is 49.9 Å². The summed E-state index contributed by atoms with van der Waals surface area (Å²) in [6, 6.07) is 6.77. The number of rotatable bonds is 5. The van der Waals surface area contributed by atoms with Gasteiger partial charge in [-0.15, -0.1) is 0 Å². The van der Waals surface area contributed by atoms with Gasteiger partial charge < -0.3 is 20.4 Å². The molecule has 1 aromatic rings. The zero-order valence-corrected chi connectivity index (χ0v) is 8.94.